The van der Waals surface area contributed by atoms with Crippen LogP contribution in [0.5, 0.6) is 0 Å². The van der Waals surface area contributed by atoms with E-state index in [1.165, 1.54) is 12.8 Å². The molecule has 0 rings (SSSR count). The lowest BCUT2D eigenvalue weighted by Crippen LogP contribution is -2.41. The molecule has 4 heteroatoms. The number of likely N-dealkylation sites (N-methyl/N-ethyl adjacent to an activating group) is 1. The molecular formula is C14H32N2O2. The molecule has 0 aliphatic rings. The molecule has 0 aromatic heterocycles. The van der Waals surface area contributed by atoms with Crippen LogP contribution in [0.1, 0.15) is 40.0 Å². The Hall–Kier alpha value is -0.160. The van der Waals surface area contributed by atoms with E-state index in [9.17, 15) is 5.11 Å². The Morgan fingerprint density at radius 1 is 1.17 bits per heavy atom. The Morgan fingerprint density at radius 3 is 2.28 bits per heavy atom. The maximum atomic E-state index is 9.29. The minimum absolute atomic E-state index is 0.217. The third-order valence-corrected chi connectivity index (χ3v) is 3.52. The van der Waals surface area contributed by atoms with E-state index in [0.717, 1.165) is 32.7 Å². The van der Waals surface area contributed by atoms with Crippen molar-refractivity contribution >= 4 is 0 Å². The smallest absolute Gasteiger partial charge is 0.0589 e. The predicted molar refractivity (Wildman–Crippen MR) is 77.0 cm³/mol. The Balaban J connectivity index is 4.20. The first kappa shape index (κ1) is 17.8. The van der Waals surface area contributed by atoms with Gasteiger partial charge in [0.1, 0.15) is 0 Å². The lowest BCUT2D eigenvalue weighted by Gasteiger charge is -2.31. The molecule has 0 spiro atoms. The van der Waals surface area contributed by atoms with Gasteiger partial charge in [-0.15, -0.1) is 0 Å². The van der Waals surface area contributed by atoms with E-state index in [4.69, 9.17) is 4.74 Å². The lowest BCUT2D eigenvalue weighted by atomic mass is 10.1. The number of ether oxygens (including phenoxy) is 1. The molecule has 0 saturated heterocycles. The van der Waals surface area contributed by atoms with Crippen LogP contribution in [0, 0.1) is 0 Å². The summed E-state index contributed by atoms with van der Waals surface area (Å²) in [6.45, 7) is 10.5. The molecule has 0 heterocycles. The van der Waals surface area contributed by atoms with Crippen molar-refractivity contribution in [3.05, 3.63) is 0 Å². The predicted octanol–water partition coefficient (Wildman–Crippen LogP) is 1.48. The molecule has 0 bridgehead atoms. The minimum Gasteiger partial charge on any atom is -0.395 e. The van der Waals surface area contributed by atoms with Crippen LogP contribution in [0.4, 0.5) is 0 Å². The van der Waals surface area contributed by atoms with Gasteiger partial charge in [-0.1, -0.05) is 20.8 Å². The van der Waals surface area contributed by atoms with E-state index in [-0.39, 0.29) is 12.6 Å². The highest BCUT2D eigenvalue weighted by Gasteiger charge is 2.16. The normalized spacial score (nSPS) is 13.5. The van der Waals surface area contributed by atoms with Gasteiger partial charge in [0, 0.05) is 32.3 Å². The molecule has 2 N–H and O–H groups in total. The quantitative estimate of drug-likeness (QED) is 0.558. The van der Waals surface area contributed by atoms with E-state index in [1.807, 2.05) is 0 Å². The van der Waals surface area contributed by atoms with E-state index in [2.05, 4.69) is 31.0 Å². The fourth-order valence-electron chi connectivity index (χ4n) is 2.36. The Kier molecular flexibility index (Phi) is 11.8. The third-order valence-electron chi connectivity index (χ3n) is 3.52. The number of methoxy groups -OCH3 is 1. The van der Waals surface area contributed by atoms with E-state index < -0.39 is 0 Å². The van der Waals surface area contributed by atoms with E-state index in [1.54, 1.807) is 7.11 Å². The van der Waals surface area contributed by atoms with Gasteiger partial charge in [0.25, 0.3) is 0 Å². The largest absolute Gasteiger partial charge is 0.395 e. The monoisotopic (exact) mass is 260 g/mol. The Labute approximate surface area is 113 Å². The van der Waals surface area contributed by atoms with Gasteiger partial charge in [-0.2, -0.15) is 0 Å². The molecule has 0 aromatic carbocycles. The molecule has 0 amide bonds. The van der Waals surface area contributed by atoms with Gasteiger partial charge >= 0.3 is 0 Å². The van der Waals surface area contributed by atoms with Crippen molar-refractivity contribution < 1.29 is 9.84 Å². The second-order valence-electron chi connectivity index (χ2n) is 4.72. The molecule has 18 heavy (non-hydrogen) atoms. The fraction of sp³-hybridized carbons (Fsp3) is 1.00. The summed E-state index contributed by atoms with van der Waals surface area (Å²) in [6, 6.07) is 0.843. The molecule has 0 aliphatic carbocycles. The number of hydrogen-bond acceptors (Lipinski definition) is 4. The number of nitrogens with zero attached hydrogens (tertiary/aromatic N) is 1. The lowest BCUT2D eigenvalue weighted by molar-refractivity contribution is 0.108. The number of aliphatic hydroxyl groups is 1. The van der Waals surface area contributed by atoms with Crippen LogP contribution in [0.25, 0.3) is 0 Å². The van der Waals surface area contributed by atoms with Crippen molar-refractivity contribution in [2.75, 3.05) is 40.0 Å². The molecule has 1 unspecified atom stereocenters. The van der Waals surface area contributed by atoms with Gasteiger partial charge in [0.15, 0.2) is 0 Å². The fourth-order valence-corrected chi connectivity index (χ4v) is 2.36. The Bertz CT molecular complexity index is 175. The molecular weight excluding hydrogens is 228 g/mol. The zero-order chi connectivity index (χ0) is 13.8. The van der Waals surface area contributed by atoms with Gasteiger partial charge in [-0.05, 0) is 25.8 Å². The third kappa shape index (κ3) is 7.31. The van der Waals surface area contributed by atoms with Crippen molar-refractivity contribution in [3.63, 3.8) is 0 Å². The first-order chi connectivity index (χ1) is 8.73. The topological polar surface area (TPSA) is 44.7 Å². The maximum absolute atomic E-state index is 9.29. The minimum atomic E-state index is 0.217. The summed E-state index contributed by atoms with van der Waals surface area (Å²) in [6.07, 6.45) is 3.33. The standard InChI is InChI=1S/C14H32N2O2/c1-5-14(6-2)16(10-11-18-4)9-8-13(12-17)15-7-3/h13-15,17H,5-12H2,1-4H3. The summed E-state index contributed by atoms with van der Waals surface area (Å²) in [5, 5.41) is 12.6. The first-order valence-electron chi connectivity index (χ1n) is 7.30. The molecule has 0 radical (unpaired) electrons. The van der Waals surface area contributed by atoms with Crippen molar-refractivity contribution in [3.8, 4) is 0 Å². The second-order valence-corrected chi connectivity index (χ2v) is 4.72. The number of nitrogens with one attached hydrogen (secondary N) is 1. The Morgan fingerprint density at radius 2 is 1.83 bits per heavy atom. The van der Waals surface area contributed by atoms with Gasteiger partial charge in [-0.25, -0.2) is 0 Å². The summed E-state index contributed by atoms with van der Waals surface area (Å²) >= 11 is 0. The highest BCUT2D eigenvalue weighted by molar-refractivity contribution is 4.73. The zero-order valence-electron chi connectivity index (χ0n) is 12.6. The maximum Gasteiger partial charge on any atom is 0.0589 e. The van der Waals surface area contributed by atoms with Crippen LogP contribution in [0.2, 0.25) is 0 Å². The average Bonchev–Trinajstić information content (AvgIpc) is 2.40. The summed E-state index contributed by atoms with van der Waals surface area (Å²) in [5.74, 6) is 0. The summed E-state index contributed by atoms with van der Waals surface area (Å²) in [5.41, 5.74) is 0. The van der Waals surface area contributed by atoms with Crippen molar-refractivity contribution in [2.24, 2.45) is 0 Å². The zero-order valence-corrected chi connectivity index (χ0v) is 12.6. The molecule has 110 valence electrons. The molecule has 0 fully saturated rings. The molecule has 0 saturated carbocycles. The summed E-state index contributed by atoms with van der Waals surface area (Å²) in [4.78, 5) is 2.49. The van der Waals surface area contributed by atoms with Crippen LogP contribution in [0.3, 0.4) is 0 Å². The van der Waals surface area contributed by atoms with Crippen LogP contribution >= 0.6 is 0 Å². The van der Waals surface area contributed by atoms with Gasteiger partial charge in [-0.3, -0.25) is 4.90 Å². The first-order valence-corrected chi connectivity index (χ1v) is 7.30. The van der Waals surface area contributed by atoms with E-state index >= 15 is 0 Å². The van der Waals surface area contributed by atoms with Crippen LogP contribution in [-0.2, 0) is 4.74 Å². The molecule has 4 nitrogen and oxygen atoms in total. The van der Waals surface area contributed by atoms with Crippen LogP contribution < -0.4 is 5.32 Å². The van der Waals surface area contributed by atoms with Crippen molar-refractivity contribution in [1.29, 1.82) is 0 Å². The second kappa shape index (κ2) is 11.9. The summed E-state index contributed by atoms with van der Waals surface area (Å²) in [7, 11) is 1.75. The SMILES string of the molecule is CCNC(CO)CCN(CCOC)C(CC)CC. The van der Waals surface area contributed by atoms with Gasteiger partial charge in [0.05, 0.1) is 13.2 Å². The number of aliphatic hydroxyl groups excluding tert-OH is 1. The molecule has 0 aliphatic heterocycles. The molecule has 1 atom stereocenters. The van der Waals surface area contributed by atoms with Gasteiger partial charge < -0.3 is 15.2 Å². The molecule has 0 aromatic rings. The van der Waals surface area contributed by atoms with Gasteiger partial charge in [0.2, 0.25) is 0 Å². The van der Waals surface area contributed by atoms with Crippen LogP contribution in [0.15, 0.2) is 0 Å². The van der Waals surface area contributed by atoms with E-state index in [0.29, 0.717) is 6.04 Å². The highest BCUT2D eigenvalue weighted by Crippen LogP contribution is 2.10. The average molecular weight is 260 g/mol. The van der Waals surface area contributed by atoms with Crippen molar-refractivity contribution in [1.82, 2.24) is 10.2 Å². The highest BCUT2D eigenvalue weighted by atomic mass is 16.5. The van der Waals surface area contributed by atoms with Crippen LogP contribution in [-0.4, -0.2) is 62.0 Å². The number of rotatable bonds is 12. The number of hydrogen-bond donors (Lipinski definition) is 2. The summed E-state index contributed by atoms with van der Waals surface area (Å²) < 4.78 is 5.19. The van der Waals surface area contributed by atoms with Crippen molar-refractivity contribution in [2.45, 2.75) is 52.1 Å².